The fourth-order valence-corrected chi connectivity index (χ4v) is 4.00. The minimum Gasteiger partial charge on any atom is -0.497 e. The number of ether oxygens (including phenoxy) is 1. The molecular formula is C22H18FN3O2S. The van der Waals surface area contributed by atoms with Gasteiger partial charge < -0.3 is 15.8 Å². The predicted octanol–water partition coefficient (Wildman–Crippen LogP) is 5.25. The molecule has 3 N–H and O–H groups in total. The second-order valence-electron chi connectivity index (χ2n) is 6.49. The Kier molecular flexibility index (Phi) is 4.90. The van der Waals surface area contributed by atoms with Gasteiger partial charge in [0, 0.05) is 22.2 Å². The van der Waals surface area contributed by atoms with E-state index >= 15 is 0 Å². The highest BCUT2D eigenvalue weighted by Crippen LogP contribution is 2.35. The zero-order valence-corrected chi connectivity index (χ0v) is 16.6. The van der Waals surface area contributed by atoms with E-state index < -0.39 is 0 Å². The number of fused-ring (bicyclic) bond motifs is 1. The Morgan fingerprint density at radius 1 is 1.14 bits per heavy atom. The summed E-state index contributed by atoms with van der Waals surface area (Å²) in [6, 6.07) is 15.9. The molecule has 0 saturated carbocycles. The maximum Gasteiger partial charge on any atom is 0.267 e. The first-order valence-electron chi connectivity index (χ1n) is 8.88. The first kappa shape index (κ1) is 18.9. The molecule has 2 aromatic heterocycles. The Bertz CT molecular complexity index is 1220. The van der Waals surface area contributed by atoms with Gasteiger partial charge in [-0.1, -0.05) is 6.07 Å². The Morgan fingerprint density at radius 2 is 1.90 bits per heavy atom. The number of amides is 1. The number of nitrogens with two attached hydrogens (primary N) is 1. The average molecular weight is 407 g/mol. The highest BCUT2D eigenvalue weighted by Gasteiger charge is 2.19. The molecule has 146 valence electrons. The Balaban J connectivity index is 1.67. The van der Waals surface area contributed by atoms with E-state index in [4.69, 9.17) is 10.5 Å². The van der Waals surface area contributed by atoms with E-state index in [1.165, 1.54) is 17.4 Å². The largest absolute Gasteiger partial charge is 0.497 e. The van der Waals surface area contributed by atoms with Crippen LogP contribution in [0.15, 0.2) is 54.6 Å². The van der Waals surface area contributed by atoms with Gasteiger partial charge in [-0.2, -0.15) is 0 Å². The molecule has 0 unspecified atom stereocenters. The molecule has 0 aliphatic carbocycles. The molecule has 0 aliphatic heterocycles. The Labute approximate surface area is 171 Å². The lowest BCUT2D eigenvalue weighted by atomic mass is 10.1. The summed E-state index contributed by atoms with van der Waals surface area (Å²) < 4.78 is 18.9. The molecule has 0 atom stereocenters. The summed E-state index contributed by atoms with van der Waals surface area (Å²) in [6.45, 7) is 1.61. The van der Waals surface area contributed by atoms with Crippen LogP contribution in [0.25, 0.3) is 21.5 Å². The maximum absolute atomic E-state index is 13.7. The van der Waals surface area contributed by atoms with Gasteiger partial charge in [0.2, 0.25) is 0 Å². The number of aromatic nitrogens is 1. The standard InChI is InChI=1S/C22H18FN3O2S/c1-12-16(23)4-3-5-17(12)25-21(27)20-19(24)15-10-11-18(26-22(15)29-20)13-6-8-14(28-2)9-7-13/h3-11H,24H2,1-2H3,(H,25,27). The van der Waals surface area contributed by atoms with Gasteiger partial charge >= 0.3 is 0 Å². The van der Waals surface area contributed by atoms with Crippen LogP contribution >= 0.6 is 11.3 Å². The number of carbonyl (C=O) groups is 1. The number of nitrogen functional groups attached to an aromatic ring is 1. The van der Waals surface area contributed by atoms with Crippen LogP contribution in [-0.2, 0) is 0 Å². The van der Waals surface area contributed by atoms with Gasteiger partial charge in [0.05, 0.1) is 18.5 Å². The van der Waals surface area contributed by atoms with E-state index in [1.54, 1.807) is 26.2 Å². The molecule has 1 amide bonds. The minimum atomic E-state index is -0.384. The number of rotatable bonds is 4. The fourth-order valence-electron chi connectivity index (χ4n) is 3.01. The summed E-state index contributed by atoms with van der Waals surface area (Å²) >= 11 is 1.21. The zero-order chi connectivity index (χ0) is 20.5. The Hall–Kier alpha value is -3.45. The summed E-state index contributed by atoms with van der Waals surface area (Å²) in [6.07, 6.45) is 0. The van der Waals surface area contributed by atoms with Crippen molar-refractivity contribution in [2.24, 2.45) is 0 Å². The predicted molar refractivity (Wildman–Crippen MR) is 115 cm³/mol. The van der Waals surface area contributed by atoms with Crippen molar-refractivity contribution in [3.05, 3.63) is 70.9 Å². The van der Waals surface area contributed by atoms with Crippen molar-refractivity contribution in [1.82, 2.24) is 4.98 Å². The number of anilines is 2. The summed E-state index contributed by atoms with van der Waals surface area (Å²) in [5, 5.41) is 3.45. The smallest absolute Gasteiger partial charge is 0.267 e. The molecule has 4 rings (SSSR count). The van der Waals surface area contributed by atoms with Crippen LogP contribution in [0.1, 0.15) is 15.2 Å². The van der Waals surface area contributed by atoms with E-state index in [9.17, 15) is 9.18 Å². The molecule has 5 nitrogen and oxygen atoms in total. The molecule has 7 heteroatoms. The lowest BCUT2D eigenvalue weighted by molar-refractivity contribution is 0.103. The number of hydrogen-bond acceptors (Lipinski definition) is 5. The first-order valence-corrected chi connectivity index (χ1v) is 9.69. The number of benzene rings is 2. The minimum absolute atomic E-state index is 0.350. The maximum atomic E-state index is 13.7. The van der Waals surface area contributed by atoms with E-state index in [0.29, 0.717) is 32.0 Å². The van der Waals surface area contributed by atoms with Crippen LogP contribution in [0.5, 0.6) is 5.75 Å². The third-order valence-corrected chi connectivity index (χ3v) is 5.82. The van der Waals surface area contributed by atoms with E-state index in [1.807, 2.05) is 36.4 Å². The van der Waals surface area contributed by atoms with Crippen LogP contribution in [0, 0.1) is 12.7 Å². The third-order valence-electron chi connectivity index (χ3n) is 4.70. The van der Waals surface area contributed by atoms with Crippen LogP contribution in [0.4, 0.5) is 15.8 Å². The number of hydrogen-bond donors (Lipinski definition) is 2. The van der Waals surface area contributed by atoms with Crippen molar-refractivity contribution in [3.63, 3.8) is 0 Å². The number of methoxy groups -OCH3 is 1. The van der Waals surface area contributed by atoms with E-state index in [2.05, 4.69) is 10.3 Å². The molecule has 2 heterocycles. The summed E-state index contributed by atoms with van der Waals surface area (Å²) in [7, 11) is 1.62. The molecule has 0 saturated heterocycles. The quantitative estimate of drug-likeness (QED) is 0.484. The summed E-state index contributed by atoms with van der Waals surface area (Å²) in [5.41, 5.74) is 9.07. The van der Waals surface area contributed by atoms with Crippen molar-refractivity contribution in [2.45, 2.75) is 6.92 Å². The van der Waals surface area contributed by atoms with E-state index in [-0.39, 0.29) is 11.7 Å². The van der Waals surface area contributed by atoms with Gasteiger partial charge in [-0.3, -0.25) is 4.79 Å². The van der Waals surface area contributed by atoms with Gasteiger partial charge in [0.25, 0.3) is 5.91 Å². The molecule has 29 heavy (non-hydrogen) atoms. The van der Waals surface area contributed by atoms with Crippen molar-refractivity contribution < 1.29 is 13.9 Å². The van der Waals surface area contributed by atoms with Crippen LogP contribution in [-0.4, -0.2) is 18.0 Å². The van der Waals surface area contributed by atoms with Crippen molar-refractivity contribution in [1.29, 1.82) is 0 Å². The highest BCUT2D eigenvalue weighted by atomic mass is 32.1. The average Bonchev–Trinajstić information content (AvgIpc) is 3.07. The lowest BCUT2D eigenvalue weighted by Crippen LogP contribution is -2.13. The van der Waals surface area contributed by atoms with Crippen molar-refractivity contribution in [3.8, 4) is 17.0 Å². The molecule has 0 fully saturated rings. The molecule has 0 radical (unpaired) electrons. The normalized spacial score (nSPS) is 10.9. The summed E-state index contributed by atoms with van der Waals surface area (Å²) in [4.78, 5) is 18.4. The van der Waals surface area contributed by atoms with Gasteiger partial charge in [-0.25, -0.2) is 9.37 Å². The zero-order valence-electron chi connectivity index (χ0n) is 15.8. The number of nitrogens with one attached hydrogen (secondary N) is 1. The van der Waals surface area contributed by atoms with Crippen molar-refractivity contribution in [2.75, 3.05) is 18.2 Å². The van der Waals surface area contributed by atoms with Gasteiger partial charge in [-0.15, -0.1) is 11.3 Å². The fraction of sp³-hybridized carbons (Fsp3) is 0.0909. The van der Waals surface area contributed by atoms with Gasteiger partial charge in [0.15, 0.2) is 0 Å². The Morgan fingerprint density at radius 3 is 2.62 bits per heavy atom. The topological polar surface area (TPSA) is 77.2 Å². The number of halogens is 1. The van der Waals surface area contributed by atoms with Crippen LogP contribution < -0.4 is 15.8 Å². The second-order valence-corrected chi connectivity index (χ2v) is 7.49. The SMILES string of the molecule is COc1ccc(-c2ccc3c(N)c(C(=O)Nc4cccc(F)c4C)sc3n2)cc1. The van der Waals surface area contributed by atoms with Crippen LogP contribution in [0.2, 0.25) is 0 Å². The molecule has 0 spiro atoms. The molecular weight excluding hydrogens is 389 g/mol. The van der Waals surface area contributed by atoms with Gasteiger partial charge in [-0.05, 0) is 55.5 Å². The van der Waals surface area contributed by atoms with Crippen molar-refractivity contribution >= 4 is 38.8 Å². The monoisotopic (exact) mass is 407 g/mol. The molecule has 0 aliphatic rings. The van der Waals surface area contributed by atoms with E-state index in [0.717, 1.165) is 17.0 Å². The second kappa shape index (κ2) is 7.52. The third kappa shape index (κ3) is 3.52. The number of nitrogens with zero attached hydrogens (tertiary/aromatic N) is 1. The number of pyridine rings is 1. The number of carbonyl (C=O) groups excluding carboxylic acids is 1. The number of thiophene rings is 1. The molecule has 0 bridgehead atoms. The lowest BCUT2D eigenvalue weighted by Gasteiger charge is -2.08. The molecule has 2 aromatic carbocycles. The highest BCUT2D eigenvalue weighted by molar-refractivity contribution is 7.21. The van der Waals surface area contributed by atoms with Gasteiger partial charge in [0.1, 0.15) is 21.3 Å². The molecule has 4 aromatic rings. The first-order chi connectivity index (χ1) is 14.0. The van der Waals surface area contributed by atoms with Crippen LogP contribution in [0.3, 0.4) is 0 Å². The summed E-state index contributed by atoms with van der Waals surface area (Å²) in [5.74, 6) is 0.00454.